The van der Waals surface area contributed by atoms with Crippen LogP contribution in [0.5, 0.6) is 0 Å². The molecule has 0 aliphatic carbocycles. The number of unbranched alkanes of at least 4 members (excludes halogenated alkanes) is 32. The van der Waals surface area contributed by atoms with Gasteiger partial charge in [-0.15, -0.1) is 0 Å². The molecule has 338 valence electrons. The SMILES string of the molecule is CCCCCCCCC/C=C\CCCCCC(=O)OC(CCCCCCCCCC)CC(=O)NC(CO)C(O)CCCCCCCCCCCCCCCCCC. The van der Waals surface area contributed by atoms with Gasteiger partial charge in [0.05, 0.1) is 25.2 Å². The number of esters is 1. The lowest BCUT2D eigenvalue weighted by Crippen LogP contribution is -2.46. The maximum atomic E-state index is 13.1. The van der Waals surface area contributed by atoms with Crippen LogP contribution in [0.25, 0.3) is 0 Å². The summed E-state index contributed by atoms with van der Waals surface area (Å²) >= 11 is 0. The van der Waals surface area contributed by atoms with Crippen LogP contribution in [-0.2, 0) is 14.3 Å². The van der Waals surface area contributed by atoms with E-state index >= 15 is 0 Å². The van der Waals surface area contributed by atoms with Gasteiger partial charge in [-0.25, -0.2) is 0 Å². The fourth-order valence-electron chi connectivity index (χ4n) is 7.96. The number of amides is 1. The first-order valence-corrected chi connectivity index (χ1v) is 25.4. The summed E-state index contributed by atoms with van der Waals surface area (Å²) in [5.41, 5.74) is 0. The first-order valence-electron chi connectivity index (χ1n) is 25.4. The lowest BCUT2D eigenvalue weighted by molar-refractivity contribution is -0.151. The minimum absolute atomic E-state index is 0.0774. The Morgan fingerprint density at radius 1 is 0.491 bits per heavy atom. The molecule has 0 radical (unpaired) electrons. The minimum Gasteiger partial charge on any atom is -0.462 e. The second-order valence-electron chi connectivity index (χ2n) is 17.6. The van der Waals surface area contributed by atoms with Crippen molar-refractivity contribution in [3.63, 3.8) is 0 Å². The lowest BCUT2D eigenvalue weighted by atomic mass is 10.0. The number of aliphatic hydroxyl groups is 2. The van der Waals surface area contributed by atoms with E-state index < -0.39 is 18.2 Å². The molecule has 0 bridgehead atoms. The third-order valence-corrected chi connectivity index (χ3v) is 11.8. The van der Waals surface area contributed by atoms with Crippen LogP contribution in [0.3, 0.4) is 0 Å². The van der Waals surface area contributed by atoms with Crippen LogP contribution in [0.1, 0.15) is 278 Å². The predicted molar refractivity (Wildman–Crippen MR) is 246 cm³/mol. The van der Waals surface area contributed by atoms with Crippen LogP contribution in [0.4, 0.5) is 0 Å². The highest BCUT2D eigenvalue weighted by molar-refractivity contribution is 5.77. The summed E-state index contributed by atoms with van der Waals surface area (Å²) in [5, 5.41) is 23.7. The number of hydrogen-bond donors (Lipinski definition) is 3. The number of ether oxygens (including phenoxy) is 1. The third kappa shape index (κ3) is 41.1. The lowest BCUT2D eigenvalue weighted by Gasteiger charge is -2.24. The van der Waals surface area contributed by atoms with Gasteiger partial charge >= 0.3 is 5.97 Å². The molecule has 0 saturated heterocycles. The number of nitrogens with one attached hydrogen (secondary N) is 1. The average Bonchev–Trinajstić information content (AvgIpc) is 3.20. The number of carbonyl (C=O) groups excluding carboxylic acids is 2. The second-order valence-corrected chi connectivity index (χ2v) is 17.6. The molecule has 1 amide bonds. The summed E-state index contributed by atoms with van der Waals surface area (Å²) in [4.78, 5) is 26.0. The summed E-state index contributed by atoms with van der Waals surface area (Å²) in [6.45, 7) is 6.47. The normalized spacial score (nSPS) is 13.3. The summed E-state index contributed by atoms with van der Waals surface area (Å²) in [7, 11) is 0. The van der Waals surface area contributed by atoms with E-state index in [0.29, 0.717) is 19.3 Å². The third-order valence-electron chi connectivity index (χ3n) is 11.8. The molecule has 3 atom stereocenters. The van der Waals surface area contributed by atoms with Gasteiger partial charge in [0.15, 0.2) is 0 Å². The van der Waals surface area contributed by atoms with Gasteiger partial charge in [-0.3, -0.25) is 9.59 Å². The minimum atomic E-state index is -0.783. The van der Waals surface area contributed by atoms with Gasteiger partial charge < -0.3 is 20.3 Å². The number of carbonyl (C=O) groups is 2. The van der Waals surface area contributed by atoms with Crippen molar-refractivity contribution in [2.75, 3.05) is 6.61 Å². The Labute approximate surface area is 355 Å². The van der Waals surface area contributed by atoms with Crippen LogP contribution < -0.4 is 5.32 Å². The van der Waals surface area contributed by atoms with Crippen LogP contribution in [0, 0.1) is 0 Å². The van der Waals surface area contributed by atoms with Gasteiger partial charge in [0.2, 0.25) is 5.91 Å². The Kier molecular flexibility index (Phi) is 44.6. The van der Waals surface area contributed by atoms with E-state index in [-0.39, 0.29) is 24.9 Å². The molecule has 3 N–H and O–H groups in total. The molecule has 0 spiro atoms. The summed E-state index contributed by atoms with van der Waals surface area (Å²) < 4.78 is 5.89. The van der Waals surface area contributed by atoms with Crippen LogP contribution in [0.2, 0.25) is 0 Å². The largest absolute Gasteiger partial charge is 0.462 e. The Hall–Kier alpha value is -1.40. The van der Waals surface area contributed by atoms with Crippen molar-refractivity contribution < 1.29 is 24.5 Å². The summed E-state index contributed by atoms with van der Waals surface area (Å²) in [5.74, 6) is -0.482. The van der Waals surface area contributed by atoms with E-state index in [9.17, 15) is 19.8 Å². The van der Waals surface area contributed by atoms with Gasteiger partial charge in [0.1, 0.15) is 6.10 Å². The highest BCUT2D eigenvalue weighted by atomic mass is 16.5. The molecule has 0 fully saturated rings. The van der Waals surface area contributed by atoms with Gasteiger partial charge in [0.25, 0.3) is 0 Å². The van der Waals surface area contributed by atoms with Crippen LogP contribution in [-0.4, -0.2) is 46.9 Å². The number of aliphatic hydroxyl groups excluding tert-OH is 2. The molecule has 3 unspecified atom stereocenters. The van der Waals surface area contributed by atoms with Crippen molar-refractivity contribution in [3.8, 4) is 0 Å². The zero-order chi connectivity index (χ0) is 41.7. The maximum absolute atomic E-state index is 13.1. The monoisotopic (exact) mass is 806 g/mol. The van der Waals surface area contributed by atoms with Crippen molar-refractivity contribution in [3.05, 3.63) is 12.2 Å². The Morgan fingerprint density at radius 3 is 1.25 bits per heavy atom. The molecule has 0 aromatic rings. The maximum Gasteiger partial charge on any atom is 0.306 e. The highest BCUT2D eigenvalue weighted by Crippen LogP contribution is 2.18. The molecule has 6 heteroatoms. The fraction of sp³-hybridized carbons (Fsp3) is 0.922. The smallest absolute Gasteiger partial charge is 0.306 e. The molecule has 0 aliphatic heterocycles. The zero-order valence-electron chi connectivity index (χ0n) is 38.5. The van der Waals surface area contributed by atoms with E-state index in [4.69, 9.17) is 4.74 Å². The molecule has 57 heavy (non-hydrogen) atoms. The van der Waals surface area contributed by atoms with Crippen molar-refractivity contribution >= 4 is 11.9 Å². The van der Waals surface area contributed by atoms with Gasteiger partial charge in [-0.2, -0.15) is 0 Å². The van der Waals surface area contributed by atoms with E-state index in [1.54, 1.807) is 0 Å². The zero-order valence-corrected chi connectivity index (χ0v) is 38.5. The number of rotatable bonds is 46. The second kappa shape index (κ2) is 45.7. The van der Waals surface area contributed by atoms with E-state index in [2.05, 4.69) is 38.2 Å². The van der Waals surface area contributed by atoms with Crippen LogP contribution in [0.15, 0.2) is 12.2 Å². The first kappa shape index (κ1) is 55.6. The molecule has 0 aliphatic rings. The fourth-order valence-corrected chi connectivity index (χ4v) is 7.96. The molecule has 0 aromatic heterocycles. The Bertz CT molecular complexity index is 863. The first-order chi connectivity index (χ1) is 28.0. The quantitative estimate of drug-likeness (QED) is 0.0323. The van der Waals surface area contributed by atoms with Crippen molar-refractivity contribution in [1.29, 1.82) is 0 Å². The molecular formula is C51H99NO5. The molecule has 0 aromatic carbocycles. The van der Waals surface area contributed by atoms with Crippen molar-refractivity contribution in [1.82, 2.24) is 5.32 Å². The highest BCUT2D eigenvalue weighted by Gasteiger charge is 2.24. The Morgan fingerprint density at radius 2 is 0.842 bits per heavy atom. The van der Waals surface area contributed by atoms with E-state index in [0.717, 1.165) is 51.4 Å². The van der Waals surface area contributed by atoms with Crippen molar-refractivity contribution in [2.45, 2.75) is 296 Å². The predicted octanol–water partition coefficient (Wildman–Crippen LogP) is 15.0. The van der Waals surface area contributed by atoms with Crippen molar-refractivity contribution in [2.24, 2.45) is 0 Å². The molecule has 0 rings (SSSR count). The average molecular weight is 806 g/mol. The summed E-state index contributed by atoms with van der Waals surface area (Å²) in [6, 6.07) is -0.696. The van der Waals surface area contributed by atoms with Gasteiger partial charge in [0, 0.05) is 6.42 Å². The standard InChI is InChI=1S/C51H99NO5/c1-4-7-10-13-16-19-21-23-25-26-27-29-31-34-37-40-43-49(54)48(46-53)52-50(55)45-47(42-39-36-33-18-15-12-9-6-3)57-51(56)44-41-38-35-32-30-28-24-22-20-17-14-11-8-5-2/h28,30,47-49,53-54H,4-27,29,31-46H2,1-3H3,(H,52,55)/b30-28-. The van der Waals surface area contributed by atoms with Gasteiger partial charge in [-0.05, 0) is 51.4 Å². The summed E-state index contributed by atoms with van der Waals surface area (Å²) in [6.07, 6.45) is 49.9. The number of hydrogen-bond acceptors (Lipinski definition) is 5. The Balaban J connectivity index is 4.39. The molecule has 0 heterocycles. The van der Waals surface area contributed by atoms with E-state index in [1.807, 2.05) is 0 Å². The number of allylic oxidation sites excluding steroid dienone is 2. The topological polar surface area (TPSA) is 95.9 Å². The van der Waals surface area contributed by atoms with Gasteiger partial charge in [-0.1, -0.05) is 226 Å². The van der Waals surface area contributed by atoms with Crippen LogP contribution >= 0.6 is 0 Å². The molecular weight excluding hydrogens is 707 g/mol. The van der Waals surface area contributed by atoms with E-state index in [1.165, 1.54) is 180 Å². The molecule has 6 nitrogen and oxygen atoms in total. The molecule has 0 saturated carbocycles.